The second-order valence-electron chi connectivity index (χ2n) is 4.50. The second kappa shape index (κ2) is 6.99. The number of benzene rings is 2. The van der Waals surface area contributed by atoms with Crippen LogP contribution in [0, 0.1) is 0 Å². The highest BCUT2D eigenvalue weighted by atomic mass is 35.5. The van der Waals surface area contributed by atoms with Crippen molar-refractivity contribution in [2.45, 2.75) is 24.4 Å². The fraction of sp³-hybridized carbons (Fsp3) is 0.250. The van der Waals surface area contributed by atoms with Crippen LogP contribution < -0.4 is 5.32 Å². The Labute approximate surface area is 124 Å². The third-order valence-electron chi connectivity index (χ3n) is 3.14. The maximum atomic E-state index is 5.90. The van der Waals surface area contributed by atoms with E-state index in [9.17, 15) is 0 Å². The van der Waals surface area contributed by atoms with Gasteiger partial charge in [0.15, 0.2) is 0 Å². The van der Waals surface area contributed by atoms with Crippen molar-refractivity contribution in [1.82, 2.24) is 5.32 Å². The van der Waals surface area contributed by atoms with Gasteiger partial charge >= 0.3 is 0 Å². The maximum absolute atomic E-state index is 5.90. The lowest BCUT2D eigenvalue weighted by Gasteiger charge is -2.14. The molecule has 0 aliphatic rings. The molecular weight excluding hydrogens is 274 g/mol. The number of hydrogen-bond donors (Lipinski definition) is 1. The van der Waals surface area contributed by atoms with Gasteiger partial charge in [-0.05, 0) is 48.6 Å². The Morgan fingerprint density at radius 1 is 1.05 bits per heavy atom. The van der Waals surface area contributed by atoms with Crippen molar-refractivity contribution in [2.75, 3.05) is 6.26 Å². The van der Waals surface area contributed by atoms with Gasteiger partial charge in [-0.25, -0.2) is 0 Å². The summed E-state index contributed by atoms with van der Waals surface area (Å²) in [7, 11) is 0. The van der Waals surface area contributed by atoms with Crippen LogP contribution in [0.25, 0.3) is 0 Å². The molecule has 1 unspecified atom stereocenters. The Morgan fingerprint density at radius 3 is 2.26 bits per heavy atom. The third kappa shape index (κ3) is 4.27. The summed E-state index contributed by atoms with van der Waals surface area (Å²) >= 11 is 7.66. The van der Waals surface area contributed by atoms with Crippen molar-refractivity contribution >= 4 is 23.4 Å². The van der Waals surface area contributed by atoms with E-state index in [-0.39, 0.29) is 0 Å². The van der Waals surface area contributed by atoms with Crippen LogP contribution >= 0.6 is 23.4 Å². The minimum Gasteiger partial charge on any atom is -0.306 e. The van der Waals surface area contributed by atoms with Gasteiger partial charge in [-0.1, -0.05) is 35.9 Å². The quantitative estimate of drug-likeness (QED) is 0.785. The molecule has 0 aromatic heterocycles. The minimum absolute atomic E-state index is 0.317. The molecule has 1 N–H and O–H groups in total. The first-order valence-corrected chi connectivity index (χ1v) is 7.91. The topological polar surface area (TPSA) is 12.0 Å². The molecule has 1 nitrogen and oxygen atoms in total. The molecule has 1 atom stereocenters. The van der Waals surface area contributed by atoms with E-state index in [0.717, 1.165) is 11.6 Å². The average Bonchev–Trinajstić information content (AvgIpc) is 2.46. The predicted octanol–water partition coefficient (Wildman–Crippen LogP) is 4.91. The number of nitrogens with one attached hydrogen (secondary N) is 1. The van der Waals surface area contributed by atoms with Crippen LogP contribution in [-0.2, 0) is 6.54 Å². The summed E-state index contributed by atoms with van der Waals surface area (Å²) < 4.78 is 0. The first-order chi connectivity index (χ1) is 9.19. The molecule has 19 heavy (non-hydrogen) atoms. The van der Waals surface area contributed by atoms with E-state index in [2.05, 4.69) is 54.9 Å². The zero-order valence-corrected chi connectivity index (χ0v) is 12.8. The molecule has 0 amide bonds. The van der Waals surface area contributed by atoms with Gasteiger partial charge in [-0.3, -0.25) is 0 Å². The van der Waals surface area contributed by atoms with Crippen LogP contribution in [0.3, 0.4) is 0 Å². The molecule has 0 bridgehead atoms. The number of hydrogen-bond acceptors (Lipinski definition) is 2. The molecule has 0 radical (unpaired) electrons. The zero-order valence-electron chi connectivity index (χ0n) is 11.2. The Kier molecular flexibility index (Phi) is 5.32. The molecule has 0 aliphatic carbocycles. The van der Waals surface area contributed by atoms with E-state index < -0.39 is 0 Å². The molecule has 0 saturated carbocycles. The van der Waals surface area contributed by atoms with Crippen LogP contribution in [0.15, 0.2) is 53.4 Å². The highest BCUT2D eigenvalue weighted by Crippen LogP contribution is 2.18. The lowest BCUT2D eigenvalue weighted by molar-refractivity contribution is 0.574. The van der Waals surface area contributed by atoms with Crippen LogP contribution in [0.1, 0.15) is 24.1 Å². The van der Waals surface area contributed by atoms with Gasteiger partial charge in [0.1, 0.15) is 0 Å². The van der Waals surface area contributed by atoms with Crippen molar-refractivity contribution in [2.24, 2.45) is 0 Å². The number of thioether (sulfide) groups is 1. The van der Waals surface area contributed by atoms with Crippen LogP contribution in [0.5, 0.6) is 0 Å². The summed E-state index contributed by atoms with van der Waals surface area (Å²) in [5.74, 6) is 0. The lowest BCUT2D eigenvalue weighted by atomic mass is 10.1. The highest BCUT2D eigenvalue weighted by Gasteiger charge is 2.04. The molecule has 2 aromatic rings. The monoisotopic (exact) mass is 291 g/mol. The predicted molar refractivity (Wildman–Crippen MR) is 84.9 cm³/mol. The van der Waals surface area contributed by atoms with Gasteiger partial charge in [-0.2, -0.15) is 0 Å². The number of rotatable bonds is 5. The summed E-state index contributed by atoms with van der Waals surface area (Å²) in [5, 5.41) is 4.30. The largest absolute Gasteiger partial charge is 0.306 e. The smallest absolute Gasteiger partial charge is 0.0406 e. The van der Waals surface area contributed by atoms with Gasteiger partial charge in [0.05, 0.1) is 0 Å². The maximum Gasteiger partial charge on any atom is 0.0406 e. The molecular formula is C16H18ClNS. The Hall–Kier alpha value is -0.960. The summed E-state index contributed by atoms with van der Waals surface area (Å²) in [6.07, 6.45) is 2.09. The Bertz CT molecular complexity index is 507. The van der Waals surface area contributed by atoms with Crippen LogP contribution in [0.4, 0.5) is 0 Å². The van der Waals surface area contributed by atoms with Crippen molar-refractivity contribution in [3.8, 4) is 0 Å². The first kappa shape index (κ1) is 14.4. The Morgan fingerprint density at radius 2 is 1.68 bits per heavy atom. The molecule has 0 aliphatic heterocycles. The molecule has 0 saturated heterocycles. The summed E-state index contributed by atoms with van der Waals surface area (Å²) in [4.78, 5) is 1.30. The summed E-state index contributed by atoms with van der Waals surface area (Å²) in [6.45, 7) is 3.04. The van der Waals surface area contributed by atoms with Crippen molar-refractivity contribution in [3.05, 3.63) is 64.7 Å². The summed E-state index contributed by atoms with van der Waals surface area (Å²) in [5.41, 5.74) is 2.56. The molecule has 0 fully saturated rings. The average molecular weight is 292 g/mol. The fourth-order valence-corrected chi connectivity index (χ4v) is 2.42. The molecule has 3 heteroatoms. The third-order valence-corrected chi connectivity index (χ3v) is 4.14. The standard InChI is InChI=1S/C16H18ClNS/c1-12(14-5-7-15(17)8-6-14)18-11-13-3-9-16(19-2)10-4-13/h3-10,12,18H,11H2,1-2H3. The van der Waals surface area contributed by atoms with E-state index in [4.69, 9.17) is 11.6 Å². The fourth-order valence-electron chi connectivity index (χ4n) is 1.88. The highest BCUT2D eigenvalue weighted by molar-refractivity contribution is 7.98. The van der Waals surface area contributed by atoms with Gasteiger partial charge in [0, 0.05) is 22.5 Å². The van der Waals surface area contributed by atoms with E-state index in [1.54, 1.807) is 11.8 Å². The molecule has 0 spiro atoms. The van der Waals surface area contributed by atoms with Crippen molar-refractivity contribution in [1.29, 1.82) is 0 Å². The van der Waals surface area contributed by atoms with E-state index >= 15 is 0 Å². The van der Waals surface area contributed by atoms with Crippen LogP contribution in [0.2, 0.25) is 5.02 Å². The SMILES string of the molecule is CSc1ccc(CNC(C)c2ccc(Cl)cc2)cc1. The Balaban J connectivity index is 1.92. The van der Waals surface area contributed by atoms with Gasteiger partial charge in [0.2, 0.25) is 0 Å². The van der Waals surface area contributed by atoms with E-state index in [1.165, 1.54) is 16.0 Å². The first-order valence-electron chi connectivity index (χ1n) is 6.31. The van der Waals surface area contributed by atoms with Gasteiger partial charge in [-0.15, -0.1) is 11.8 Å². The van der Waals surface area contributed by atoms with E-state index in [1.807, 2.05) is 12.1 Å². The van der Waals surface area contributed by atoms with Crippen LogP contribution in [-0.4, -0.2) is 6.26 Å². The van der Waals surface area contributed by atoms with Crippen molar-refractivity contribution < 1.29 is 0 Å². The zero-order chi connectivity index (χ0) is 13.7. The minimum atomic E-state index is 0.317. The second-order valence-corrected chi connectivity index (χ2v) is 5.82. The molecule has 2 aromatic carbocycles. The van der Waals surface area contributed by atoms with Gasteiger partial charge < -0.3 is 5.32 Å². The molecule has 2 rings (SSSR count). The summed E-state index contributed by atoms with van der Waals surface area (Å²) in [6, 6.07) is 17.0. The lowest BCUT2D eigenvalue weighted by Crippen LogP contribution is -2.17. The van der Waals surface area contributed by atoms with E-state index in [0.29, 0.717) is 6.04 Å². The molecule has 0 heterocycles. The van der Waals surface area contributed by atoms with Gasteiger partial charge in [0.25, 0.3) is 0 Å². The normalized spacial score (nSPS) is 12.4. The van der Waals surface area contributed by atoms with Crippen molar-refractivity contribution in [3.63, 3.8) is 0 Å². The number of halogens is 1. The molecule has 100 valence electrons.